The predicted molar refractivity (Wildman–Crippen MR) is 76.7 cm³/mol. The summed E-state index contributed by atoms with van der Waals surface area (Å²) in [5.41, 5.74) is -0.736. The van der Waals surface area contributed by atoms with Crippen LogP contribution in [0.4, 0.5) is 14.5 Å². The Morgan fingerprint density at radius 1 is 1.22 bits per heavy atom. The SMILES string of the molecule is COC(=O)c1c(C)oc(C)c1S(=O)(=O)Nc1ccc(F)cc1F. The highest BCUT2D eigenvalue weighted by atomic mass is 32.2. The monoisotopic (exact) mass is 345 g/mol. The second-order valence-corrected chi connectivity index (χ2v) is 6.26. The minimum Gasteiger partial charge on any atom is -0.465 e. The summed E-state index contributed by atoms with van der Waals surface area (Å²) in [6.45, 7) is 2.74. The van der Waals surface area contributed by atoms with E-state index in [4.69, 9.17) is 4.42 Å². The lowest BCUT2D eigenvalue weighted by molar-refractivity contribution is 0.0595. The van der Waals surface area contributed by atoms with Crippen LogP contribution >= 0.6 is 0 Å². The van der Waals surface area contributed by atoms with E-state index < -0.39 is 38.2 Å². The number of sulfonamides is 1. The van der Waals surface area contributed by atoms with Gasteiger partial charge in [-0.2, -0.15) is 0 Å². The summed E-state index contributed by atoms with van der Waals surface area (Å²) in [7, 11) is -3.26. The molecule has 0 unspecified atom stereocenters. The summed E-state index contributed by atoms with van der Waals surface area (Å²) in [5.74, 6) is -2.85. The van der Waals surface area contributed by atoms with Gasteiger partial charge in [0.05, 0.1) is 12.8 Å². The number of methoxy groups -OCH3 is 1. The average molecular weight is 345 g/mol. The van der Waals surface area contributed by atoms with E-state index in [-0.39, 0.29) is 17.1 Å². The van der Waals surface area contributed by atoms with Gasteiger partial charge < -0.3 is 9.15 Å². The fraction of sp³-hybridized carbons (Fsp3) is 0.214. The number of benzene rings is 1. The minimum absolute atomic E-state index is 0.0503. The van der Waals surface area contributed by atoms with E-state index in [0.717, 1.165) is 19.2 Å². The second kappa shape index (κ2) is 5.99. The van der Waals surface area contributed by atoms with Crippen molar-refractivity contribution >= 4 is 21.7 Å². The number of nitrogens with one attached hydrogen (secondary N) is 1. The summed E-state index contributed by atoms with van der Waals surface area (Å²) in [4.78, 5) is 11.3. The molecular formula is C14H13F2NO5S. The normalized spacial score (nSPS) is 11.3. The molecule has 23 heavy (non-hydrogen) atoms. The standard InChI is InChI=1S/C14H13F2NO5S/c1-7-12(14(18)21-3)13(8(2)22-7)23(19,20)17-11-5-4-9(15)6-10(11)16/h4-6,17H,1-3H3. The molecule has 0 spiro atoms. The van der Waals surface area contributed by atoms with Crippen LogP contribution in [-0.2, 0) is 14.8 Å². The van der Waals surface area contributed by atoms with Crippen LogP contribution in [0.15, 0.2) is 27.5 Å². The zero-order valence-corrected chi connectivity index (χ0v) is 13.3. The molecule has 0 saturated carbocycles. The van der Waals surface area contributed by atoms with Gasteiger partial charge in [-0.15, -0.1) is 0 Å². The molecule has 1 heterocycles. The molecule has 1 N–H and O–H groups in total. The molecule has 2 aromatic rings. The first-order valence-electron chi connectivity index (χ1n) is 6.33. The van der Waals surface area contributed by atoms with Gasteiger partial charge in [-0.3, -0.25) is 4.72 Å². The number of aryl methyl sites for hydroxylation is 2. The highest BCUT2D eigenvalue weighted by Gasteiger charge is 2.32. The van der Waals surface area contributed by atoms with Crippen LogP contribution in [0.3, 0.4) is 0 Å². The van der Waals surface area contributed by atoms with Crippen molar-refractivity contribution in [2.75, 3.05) is 11.8 Å². The zero-order valence-electron chi connectivity index (χ0n) is 12.4. The first-order chi connectivity index (χ1) is 10.7. The first-order valence-corrected chi connectivity index (χ1v) is 7.82. The van der Waals surface area contributed by atoms with Crippen molar-refractivity contribution in [1.29, 1.82) is 0 Å². The molecule has 0 radical (unpaired) electrons. The van der Waals surface area contributed by atoms with Crippen molar-refractivity contribution in [3.05, 3.63) is 46.9 Å². The van der Waals surface area contributed by atoms with Crippen molar-refractivity contribution in [1.82, 2.24) is 0 Å². The van der Waals surface area contributed by atoms with Gasteiger partial charge in [0.25, 0.3) is 10.0 Å². The summed E-state index contributed by atoms with van der Waals surface area (Å²) < 4.78 is 63.2. The lowest BCUT2D eigenvalue weighted by Gasteiger charge is -2.09. The van der Waals surface area contributed by atoms with Crippen LogP contribution in [0.25, 0.3) is 0 Å². The van der Waals surface area contributed by atoms with Gasteiger partial charge in [0.15, 0.2) is 0 Å². The van der Waals surface area contributed by atoms with Gasteiger partial charge >= 0.3 is 5.97 Å². The van der Waals surface area contributed by atoms with Crippen LogP contribution in [0.2, 0.25) is 0 Å². The molecule has 0 aliphatic heterocycles. The van der Waals surface area contributed by atoms with Gasteiger partial charge in [-0.05, 0) is 26.0 Å². The largest absolute Gasteiger partial charge is 0.465 e. The van der Waals surface area contributed by atoms with Gasteiger partial charge in [0.2, 0.25) is 0 Å². The van der Waals surface area contributed by atoms with Crippen LogP contribution in [-0.4, -0.2) is 21.5 Å². The summed E-state index contributed by atoms with van der Waals surface area (Å²) in [5, 5.41) is 0. The number of esters is 1. The number of carbonyl (C=O) groups is 1. The topological polar surface area (TPSA) is 85.6 Å². The van der Waals surface area contributed by atoms with Gasteiger partial charge in [0.1, 0.15) is 33.6 Å². The Labute approximate surface area is 131 Å². The lowest BCUT2D eigenvalue weighted by Crippen LogP contribution is -2.18. The van der Waals surface area contributed by atoms with Crippen LogP contribution < -0.4 is 4.72 Å². The minimum atomic E-state index is -4.35. The zero-order chi connectivity index (χ0) is 17.4. The van der Waals surface area contributed by atoms with E-state index >= 15 is 0 Å². The molecule has 9 heteroatoms. The molecule has 0 bridgehead atoms. The average Bonchev–Trinajstić information content (AvgIpc) is 2.76. The van der Waals surface area contributed by atoms with E-state index in [9.17, 15) is 22.0 Å². The van der Waals surface area contributed by atoms with Gasteiger partial charge in [-0.1, -0.05) is 0 Å². The van der Waals surface area contributed by atoms with Gasteiger partial charge in [0, 0.05) is 6.07 Å². The molecule has 124 valence electrons. The Hall–Kier alpha value is -2.42. The van der Waals surface area contributed by atoms with E-state index in [2.05, 4.69) is 4.74 Å². The van der Waals surface area contributed by atoms with E-state index in [1.165, 1.54) is 13.8 Å². The Bertz CT molecular complexity index is 874. The van der Waals surface area contributed by atoms with Crippen LogP contribution in [0.5, 0.6) is 0 Å². The summed E-state index contributed by atoms with van der Waals surface area (Å²) >= 11 is 0. The third kappa shape index (κ3) is 3.19. The molecule has 0 fully saturated rings. The Morgan fingerprint density at radius 3 is 2.43 bits per heavy atom. The molecule has 1 aromatic carbocycles. The highest BCUT2D eigenvalue weighted by molar-refractivity contribution is 7.92. The molecule has 6 nitrogen and oxygen atoms in total. The number of carbonyl (C=O) groups excluding carboxylic acids is 1. The third-order valence-electron chi connectivity index (χ3n) is 3.04. The lowest BCUT2D eigenvalue weighted by atomic mass is 10.2. The fourth-order valence-corrected chi connectivity index (χ4v) is 3.57. The molecule has 2 rings (SSSR count). The number of ether oxygens (including phenoxy) is 1. The maximum absolute atomic E-state index is 13.6. The van der Waals surface area contributed by atoms with Crippen LogP contribution in [0.1, 0.15) is 21.9 Å². The van der Waals surface area contributed by atoms with Gasteiger partial charge in [-0.25, -0.2) is 22.0 Å². The Balaban J connectivity index is 2.54. The number of hydrogen-bond donors (Lipinski definition) is 1. The van der Waals surface area contributed by atoms with Crippen molar-refractivity contribution in [2.24, 2.45) is 0 Å². The molecular weight excluding hydrogens is 332 g/mol. The highest BCUT2D eigenvalue weighted by Crippen LogP contribution is 2.29. The first kappa shape index (κ1) is 16.9. The fourth-order valence-electron chi connectivity index (χ4n) is 2.09. The van der Waals surface area contributed by atoms with Crippen molar-refractivity contribution in [3.63, 3.8) is 0 Å². The van der Waals surface area contributed by atoms with E-state index in [1.807, 2.05) is 4.72 Å². The second-order valence-electron chi connectivity index (χ2n) is 4.64. The van der Waals surface area contributed by atoms with Crippen molar-refractivity contribution < 1.29 is 31.1 Å². The molecule has 1 aromatic heterocycles. The molecule has 0 aliphatic carbocycles. The molecule has 0 amide bonds. The summed E-state index contributed by atoms with van der Waals surface area (Å²) in [6, 6.07) is 2.37. The number of furan rings is 1. The van der Waals surface area contributed by atoms with Crippen LogP contribution in [0, 0.1) is 25.5 Å². The third-order valence-corrected chi connectivity index (χ3v) is 4.56. The number of anilines is 1. The molecule has 0 saturated heterocycles. The Morgan fingerprint density at radius 2 is 1.87 bits per heavy atom. The number of halogens is 2. The van der Waals surface area contributed by atoms with E-state index in [1.54, 1.807) is 0 Å². The van der Waals surface area contributed by atoms with Crippen molar-refractivity contribution in [3.8, 4) is 0 Å². The number of rotatable bonds is 4. The van der Waals surface area contributed by atoms with E-state index in [0.29, 0.717) is 6.07 Å². The smallest absolute Gasteiger partial charge is 0.342 e. The Kier molecular flexibility index (Phi) is 4.42. The van der Waals surface area contributed by atoms with Crippen molar-refractivity contribution in [2.45, 2.75) is 18.7 Å². The maximum atomic E-state index is 13.6. The quantitative estimate of drug-likeness (QED) is 0.861. The number of hydrogen-bond acceptors (Lipinski definition) is 5. The summed E-state index contributed by atoms with van der Waals surface area (Å²) in [6.07, 6.45) is 0. The predicted octanol–water partition coefficient (Wildman–Crippen LogP) is 2.76. The molecule has 0 aliphatic rings. The maximum Gasteiger partial charge on any atom is 0.342 e. The molecule has 0 atom stereocenters.